The number of aliphatic hydroxyl groups excluding tert-OH is 1. The Bertz CT molecular complexity index is 665. The smallest absolute Gasteiger partial charge is 0.0881 e. The third kappa shape index (κ3) is 4.36. The minimum atomic E-state index is -0.556. The molecule has 3 nitrogen and oxygen atoms in total. The zero-order valence-electron chi connectivity index (χ0n) is 21.4. The first-order chi connectivity index (χ1) is 15.3. The highest BCUT2D eigenvalue weighted by Crippen LogP contribution is 2.66. The molecule has 1 heterocycles. The van der Waals surface area contributed by atoms with Gasteiger partial charge in [-0.05, 0) is 112 Å². The summed E-state index contributed by atoms with van der Waals surface area (Å²) in [5, 5.41) is 21.0. The van der Waals surface area contributed by atoms with Crippen molar-refractivity contribution in [3.05, 3.63) is 11.6 Å². The van der Waals surface area contributed by atoms with Crippen LogP contribution < -0.4 is 0 Å². The van der Waals surface area contributed by atoms with Gasteiger partial charge in [-0.1, -0.05) is 45.8 Å². The summed E-state index contributed by atoms with van der Waals surface area (Å²) in [5.41, 5.74) is 1.89. The van der Waals surface area contributed by atoms with Crippen LogP contribution >= 0.6 is 0 Å². The van der Waals surface area contributed by atoms with Crippen molar-refractivity contribution in [1.29, 1.82) is 0 Å². The van der Waals surface area contributed by atoms with E-state index in [1.807, 2.05) is 13.8 Å². The number of rotatable bonds is 4. The summed E-state index contributed by atoms with van der Waals surface area (Å²) < 4.78 is 5.56. The highest BCUT2D eigenvalue weighted by Gasteiger charge is 2.58. The largest absolute Gasteiger partial charge is 0.393 e. The van der Waals surface area contributed by atoms with E-state index in [0.29, 0.717) is 17.4 Å². The van der Waals surface area contributed by atoms with Crippen LogP contribution in [-0.4, -0.2) is 35.1 Å². The summed E-state index contributed by atoms with van der Waals surface area (Å²) in [4.78, 5) is 0. The molecule has 7 unspecified atom stereocenters. The third-order valence-electron chi connectivity index (χ3n) is 10.8. The van der Waals surface area contributed by atoms with Crippen molar-refractivity contribution in [3.8, 4) is 0 Å². The van der Waals surface area contributed by atoms with Crippen molar-refractivity contribution < 1.29 is 14.9 Å². The van der Waals surface area contributed by atoms with Gasteiger partial charge in [-0.3, -0.25) is 0 Å². The Morgan fingerprint density at radius 2 is 1.84 bits per heavy atom. The van der Waals surface area contributed by atoms with E-state index in [0.717, 1.165) is 68.8 Å². The van der Waals surface area contributed by atoms with Crippen molar-refractivity contribution >= 4 is 0 Å². The molecule has 4 aliphatic carbocycles. The van der Waals surface area contributed by atoms with Gasteiger partial charge in [-0.25, -0.2) is 0 Å². The molecule has 8 atom stereocenters. The third-order valence-corrected chi connectivity index (χ3v) is 10.8. The van der Waals surface area contributed by atoms with Crippen LogP contribution in [-0.2, 0) is 4.74 Å². The number of hydrogen-bond donors (Lipinski definition) is 2. The topological polar surface area (TPSA) is 49.7 Å². The SMILES string of the molecule is CC.CC12CCC3C(CC=C4CC(O)CC[C@@]43C)C1CCC2CCCC1(O)CCCOC1. The molecule has 5 aliphatic rings. The van der Waals surface area contributed by atoms with Crippen LogP contribution in [0.1, 0.15) is 111 Å². The fourth-order valence-corrected chi connectivity index (χ4v) is 8.94. The van der Waals surface area contributed by atoms with Crippen LogP contribution in [0.2, 0.25) is 0 Å². The molecule has 4 fully saturated rings. The lowest BCUT2D eigenvalue weighted by Crippen LogP contribution is -2.50. The molecular formula is C29H50O3. The summed E-state index contributed by atoms with van der Waals surface area (Å²) in [7, 11) is 0. The molecule has 3 saturated carbocycles. The van der Waals surface area contributed by atoms with Crippen LogP contribution in [0, 0.1) is 34.5 Å². The van der Waals surface area contributed by atoms with Gasteiger partial charge >= 0.3 is 0 Å². The Morgan fingerprint density at radius 1 is 1.03 bits per heavy atom. The van der Waals surface area contributed by atoms with Gasteiger partial charge in [0.15, 0.2) is 0 Å². The summed E-state index contributed by atoms with van der Waals surface area (Å²) in [6.45, 7) is 10.5. The second-order valence-electron chi connectivity index (χ2n) is 12.2. The van der Waals surface area contributed by atoms with Gasteiger partial charge in [-0.15, -0.1) is 0 Å². The molecule has 2 N–H and O–H groups in total. The Kier molecular flexibility index (Phi) is 7.50. The van der Waals surface area contributed by atoms with Crippen LogP contribution in [0.3, 0.4) is 0 Å². The molecule has 0 spiro atoms. The summed E-state index contributed by atoms with van der Waals surface area (Å²) in [6, 6.07) is 0. The molecule has 0 amide bonds. The fraction of sp³-hybridized carbons (Fsp3) is 0.931. The minimum Gasteiger partial charge on any atom is -0.393 e. The summed E-state index contributed by atoms with van der Waals surface area (Å²) in [5.74, 6) is 3.40. The first-order valence-corrected chi connectivity index (χ1v) is 14.0. The zero-order chi connectivity index (χ0) is 23.0. The molecule has 3 heteroatoms. The fourth-order valence-electron chi connectivity index (χ4n) is 8.94. The molecule has 0 bridgehead atoms. The molecule has 184 valence electrons. The Hall–Kier alpha value is -0.380. The van der Waals surface area contributed by atoms with Crippen molar-refractivity contribution in [2.24, 2.45) is 34.5 Å². The van der Waals surface area contributed by atoms with Gasteiger partial charge in [0, 0.05) is 6.61 Å². The quantitative estimate of drug-likeness (QED) is 0.474. The van der Waals surface area contributed by atoms with E-state index in [-0.39, 0.29) is 6.10 Å². The van der Waals surface area contributed by atoms with Crippen molar-refractivity contribution in [3.63, 3.8) is 0 Å². The van der Waals surface area contributed by atoms with Crippen LogP contribution in [0.25, 0.3) is 0 Å². The van der Waals surface area contributed by atoms with E-state index in [1.54, 1.807) is 5.57 Å². The second kappa shape index (κ2) is 9.70. The molecular weight excluding hydrogens is 396 g/mol. The highest BCUT2D eigenvalue weighted by molar-refractivity contribution is 5.25. The predicted octanol–water partition coefficient (Wildman–Crippen LogP) is 6.66. The maximum atomic E-state index is 10.8. The van der Waals surface area contributed by atoms with Crippen LogP contribution in [0.4, 0.5) is 0 Å². The molecule has 0 radical (unpaired) electrons. The first-order valence-electron chi connectivity index (χ1n) is 14.0. The van der Waals surface area contributed by atoms with Gasteiger partial charge in [0.25, 0.3) is 0 Å². The Morgan fingerprint density at radius 3 is 2.59 bits per heavy atom. The van der Waals surface area contributed by atoms with E-state index >= 15 is 0 Å². The Balaban J connectivity index is 0.00000119. The molecule has 1 saturated heterocycles. The number of allylic oxidation sites excluding steroid dienone is 1. The van der Waals surface area contributed by atoms with E-state index in [4.69, 9.17) is 4.74 Å². The lowest BCUT2D eigenvalue weighted by Gasteiger charge is -2.58. The number of hydrogen-bond acceptors (Lipinski definition) is 3. The molecule has 32 heavy (non-hydrogen) atoms. The number of ether oxygens (including phenoxy) is 1. The Labute approximate surface area is 197 Å². The maximum absolute atomic E-state index is 10.8. The molecule has 0 aromatic rings. The first kappa shape index (κ1) is 24.7. The van der Waals surface area contributed by atoms with Gasteiger partial charge in [0.2, 0.25) is 0 Å². The maximum Gasteiger partial charge on any atom is 0.0881 e. The molecule has 0 aromatic heterocycles. The number of fused-ring (bicyclic) bond motifs is 5. The van der Waals surface area contributed by atoms with Crippen molar-refractivity contribution in [1.82, 2.24) is 0 Å². The average Bonchev–Trinajstić information content (AvgIpc) is 3.12. The average molecular weight is 447 g/mol. The lowest BCUT2D eigenvalue weighted by atomic mass is 9.47. The highest BCUT2D eigenvalue weighted by atomic mass is 16.5. The van der Waals surface area contributed by atoms with E-state index in [2.05, 4.69) is 19.9 Å². The van der Waals surface area contributed by atoms with Gasteiger partial charge < -0.3 is 14.9 Å². The van der Waals surface area contributed by atoms with Crippen molar-refractivity contribution in [2.75, 3.05) is 13.2 Å². The van der Waals surface area contributed by atoms with E-state index < -0.39 is 5.60 Å². The standard InChI is InChI=1S/C27H44O3.C2H6/c1-25-15-11-24-22(8-6-20-17-21(28)10-14-26(20,24)2)23(25)9-7-19(25)5-3-12-27(29)13-4-16-30-18-27;1-2/h6,19,21-24,28-29H,3-5,7-18H2,1-2H3;1-2H3/t19?,21?,22?,23?,24?,25?,26-,27?;/m0./s1. The normalized spacial score (nSPS) is 47.9. The van der Waals surface area contributed by atoms with Crippen LogP contribution in [0.15, 0.2) is 11.6 Å². The molecule has 1 aliphatic heterocycles. The van der Waals surface area contributed by atoms with Gasteiger partial charge in [0.1, 0.15) is 0 Å². The van der Waals surface area contributed by atoms with Gasteiger partial charge in [0.05, 0.1) is 18.3 Å². The number of aliphatic hydroxyl groups is 2. The van der Waals surface area contributed by atoms with Gasteiger partial charge in [-0.2, -0.15) is 0 Å². The van der Waals surface area contributed by atoms with Crippen LogP contribution in [0.5, 0.6) is 0 Å². The minimum absolute atomic E-state index is 0.102. The van der Waals surface area contributed by atoms with Crippen molar-refractivity contribution in [2.45, 2.75) is 123 Å². The molecule has 0 aromatic carbocycles. The second-order valence-corrected chi connectivity index (χ2v) is 12.2. The predicted molar refractivity (Wildman–Crippen MR) is 131 cm³/mol. The van der Waals surface area contributed by atoms with E-state index in [9.17, 15) is 10.2 Å². The molecule has 5 rings (SSSR count). The van der Waals surface area contributed by atoms with E-state index in [1.165, 1.54) is 44.9 Å². The monoisotopic (exact) mass is 446 g/mol. The zero-order valence-corrected chi connectivity index (χ0v) is 21.4. The summed E-state index contributed by atoms with van der Waals surface area (Å²) >= 11 is 0. The lowest BCUT2D eigenvalue weighted by molar-refractivity contribution is -0.0923. The summed E-state index contributed by atoms with van der Waals surface area (Å²) in [6.07, 6.45) is 17.7.